The Kier molecular flexibility index (Phi) is 8.96. The number of aryl methyl sites for hydroxylation is 2. The quantitative estimate of drug-likeness (QED) is 0.692. The monoisotopic (exact) mass is 378 g/mol. The lowest BCUT2D eigenvalue weighted by molar-refractivity contribution is -0.122. The van der Waals surface area contributed by atoms with Crippen molar-refractivity contribution in [3.8, 4) is 11.5 Å². The van der Waals surface area contributed by atoms with Gasteiger partial charge in [0.05, 0.1) is 14.2 Å². The van der Waals surface area contributed by atoms with Gasteiger partial charge in [-0.2, -0.15) is 0 Å². The van der Waals surface area contributed by atoms with Crippen LogP contribution in [0.5, 0.6) is 11.5 Å². The van der Waals surface area contributed by atoms with Crippen LogP contribution in [0, 0.1) is 6.92 Å². The molecule has 3 N–H and O–H groups in total. The predicted molar refractivity (Wildman–Crippen MR) is 106 cm³/mol. The molecule has 0 aromatic heterocycles. The molecule has 0 fully saturated rings. The van der Waals surface area contributed by atoms with Crippen LogP contribution in [-0.2, 0) is 11.2 Å². The van der Waals surface area contributed by atoms with Crippen LogP contribution in [0.25, 0.3) is 0 Å². The number of benzene rings is 2. The van der Waals surface area contributed by atoms with Gasteiger partial charge in [-0.05, 0) is 43.0 Å². The van der Waals surface area contributed by atoms with E-state index in [1.54, 1.807) is 14.2 Å². The van der Waals surface area contributed by atoms with Crippen LogP contribution in [0.1, 0.15) is 29.2 Å². The molecule has 1 amide bonds. The molecule has 5 nitrogen and oxygen atoms in total. The lowest BCUT2D eigenvalue weighted by atomic mass is 10.1. The summed E-state index contributed by atoms with van der Waals surface area (Å²) in [5, 5.41) is 2.90. The number of nitrogens with two attached hydrogens (primary N) is 1. The first-order valence-corrected chi connectivity index (χ1v) is 8.36. The number of carbonyl (C=O) groups is 1. The van der Waals surface area contributed by atoms with Gasteiger partial charge in [-0.3, -0.25) is 4.79 Å². The molecule has 26 heavy (non-hydrogen) atoms. The summed E-state index contributed by atoms with van der Waals surface area (Å²) in [5.41, 5.74) is 9.11. The number of halogens is 1. The number of hydrogen-bond donors (Lipinski definition) is 2. The molecular weight excluding hydrogens is 352 g/mol. The molecule has 2 rings (SSSR count). The van der Waals surface area contributed by atoms with Crippen molar-refractivity contribution >= 4 is 18.3 Å². The normalized spacial score (nSPS) is 11.2. The number of ether oxygens (including phenoxy) is 2. The Labute approximate surface area is 161 Å². The third-order valence-corrected chi connectivity index (χ3v) is 4.11. The van der Waals surface area contributed by atoms with Crippen LogP contribution in [0.3, 0.4) is 0 Å². The minimum Gasteiger partial charge on any atom is -0.493 e. The molecule has 0 bridgehead atoms. The van der Waals surface area contributed by atoms with Gasteiger partial charge in [-0.1, -0.05) is 35.9 Å². The van der Waals surface area contributed by atoms with E-state index in [1.165, 1.54) is 0 Å². The molecule has 2 aromatic rings. The fraction of sp³-hybridized carbons (Fsp3) is 0.350. The molecule has 0 aliphatic carbocycles. The number of nitrogens with one attached hydrogen (secondary N) is 1. The van der Waals surface area contributed by atoms with E-state index in [-0.39, 0.29) is 18.3 Å². The van der Waals surface area contributed by atoms with Gasteiger partial charge >= 0.3 is 0 Å². The molecule has 0 aliphatic rings. The number of carbonyl (C=O) groups excluding carboxylic acids is 1. The molecule has 0 saturated heterocycles. The molecule has 1 atom stereocenters. The third-order valence-electron chi connectivity index (χ3n) is 4.11. The summed E-state index contributed by atoms with van der Waals surface area (Å²) in [5.74, 6) is 1.27. The lowest BCUT2D eigenvalue weighted by Gasteiger charge is -2.13. The van der Waals surface area contributed by atoms with Crippen LogP contribution in [-0.4, -0.2) is 26.7 Å². The summed E-state index contributed by atoms with van der Waals surface area (Å²) in [6, 6.07) is 12.9. The maximum absolute atomic E-state index is 12.2. The SMILES string of the molecule is COc1ccc(CCCNC(=O)C(N)c2ccc(C)cc2)cc1OC.Cl. The summed E-state index contributed by atoms with van der Waals surface area (Å²) in [6.45, 7) is 2.58. The van der Waals surface area contributed by atoms with Gasteiger partial charge in [0.2, 0.25) is 5.91 Å². The Bertz CT molecular complexity index is 705. The molecule has 0 spiro atoms. The zero-order valence-corrected chi connectivity index (χ0v) is 16.3. The Balaban J connectivity index is 0.00000338. The van der Waals surface area contributed by atoms with E-state index in [2.05, 4.69) is 5.32 Å². The number of hydrogen-bond acceptors (Lipinski definition) is 4. The van der Waals surface area contributed by atoms with Crippen LogP contribution in [0.4, 0.5) is 0 Å². The Morgan fingerprint density at radius 3 is 2.35 bits per heavy atom. The predicted octanol–water partition coefficient (Wildman–Crippen LogP) is 3.18. The highest BCUT2D eigenvalue weighted by atomic mass is 35.5. The Morgan fingerprint density at radius 2 is 1.73 bits per heavy atom. The van der Waals surface area contributed by atoms with E-state index in [9.17, 15) is 4.79 Å². The molecule has 0 radical (unpaired) electrons. The average molecular weight is 379 g/mol. The second-order valence-electron chi connectivity index (χ2n) is 5.97. The first-order valence-electron chi connectivity index (χ1n) is 8.36. The highest BCUT2D eigenvalue weighted by Crippen LogP contribution is 2.27. The Hall–Kier alpha value is -2.24. The number of rotatable bonds is 8. The van der Waals surface area contributed by atoms with E-state index in [1.807, 2.05) is 49.4 Å². The first kappa shape index (κ1) is 21.8. The maximum Gasteiger partial charge on any atom is 0.241 e. The van der Waals surface area contributed by atoms with Gasteiger partial charge < -0.3 is 20.5 Å². The minimum absolute atomic E-state index is 0. The van der Waals surface area contributed by atoms with Gasteiger partial charge in [-0.15, -0.1) is 12.4 Å². The van der Waals surface area contributed by atoms with Gasteiger partial charge in [0.25, 0.3) is 0 Å². The molecule has 0 heterocycles. The van der Waals surface area contributed by atoms with Crippen molar-refractivity contribution in [2.24, 2.45) is 5.73 Å². The fourth-order valence-electron chi connectivity index (χ4n) is 2.58. The molecule has 0 saturated carbocycles. The smallest absolute Gasteiger partial charge is 0.241 e. The highest BCUT2D eigenvalue weighted by Gasteiger charge is 2.14. The number of amides is 1. The zero-order valence-electron chi connectivity index (χ0n) is 15.5. The molecular formula is C20H27ClN2O3. The van der Waals surface area contributed by atoms with E-state index in [0.717, 1.165) is 29.5 Å². The second-order valence-corrected chi connectivity index (χ2v) is 5.97. The highest BCUT2D eigenvalue weighted by molar-refractivity contribution is 5.85. The van der Waals surface area contributed by atoms with Gasteiger partial charge in [0.1, 0.15) is 6.04 Å². The van der Waals surface area contributed by atoms with E-state index in [4.69, 9.17) is 15.2 Å². The van der Waals surface area contributed by atoms with E-state index >= 15 is 0 Å². The Morgan fingerprint density at radius 1 is 1.08 bits per heavy atom. The van der Waals surface area contributed by atoms with Crippen molar-refractivity contribution in [1.82, 2.24) is 5.32 Å². The third kappa shape index (κ3) is 5.93. The van der Waals surface area contributed by atoms with Crippen LogP contribution in [0.2, 0.25) is 0 Å². The summed E-state index contributed by atoms with van der Waals surface area (Å²) >= 11 is 0. The summed E-state index contributed by atoms with van der Waals surface area (Å²) in [7, 11) is 3.23. The van der Waals surface area contributed by atoms with Gasteiger partial charge in [0.15, 0.2) is 11.5 Å². The topological polar surface area (TPSA) is 73.6 Å². The van der Waals surface area contributed by atoms with Crippen LogP contribution < -0.4 is 20.5 Å². The summed E-state index contributed by atoms with van der Waals surface area (Å²) in [6.07, 6.45) is 1.66. The van der Waals surface area contributed by atoms with Crippen molar-refractivity contribution in [3.63, 3.8) is 0 Å². The first-order chi connectivity index (χ1) is 12.0. The largest absolute Gasteiger partial charge is 0.493 e. The van der Waals surface area contributed by atoms with Crippen molar-refractivity contribution in [1.29, 1.82) is 0 Å². The van der Waals surface area contributed by atoms with E-state index < -0.39 is 6.04 Å². The zero-order chi connectivity index (χ0) is 18.2. The summed E-state index contributed by atoms with van der Waals surface area (Å²) < 4.78 is 10.5. The van der Waals surface area contributed by atoms with Crippen LogP contribution >= 0.6 is 12.4 Å². The lowest BCUT2D eigenvalue weighted by Crippen LogP contribution is -2.34. The maximum atomic E-state index is 12.2. The molecule has 2 aromatic carbocycles. The second kappa shape index (κ2) is 10.7. The molecule has 0 aliphatic heterocycles. The fourth-order valence-corrected chi connectivity index (χ4v) is 2.58. The minimum atomic E-state index is -0.637. The van der Waals surface area contributed by atoms with Crippen molar-refractivity contribution in [3.05, 3.63) is 59.2 Å². The molecule has 1 unspecified atom stereocenters. The molecule has 6 heteroatoms. The number of methoxy groups -OCH3 is 2. The summed E-state index contributed by atoms with van der Waals surface area (Å²) in [4.78, 5) is 12.2. The van der Waals surface area contributed by atoms with Crippen molar-refractivity contribution < 1.29 is 14.3 Å². The average Bonchev–Trinajstić information content (AvgIpc) is 2.64. The van der Waals surface area contributed by atoms with Gasteiger partial charge in [-0.25, -0.2) is 0 Å². The standard InChI is InChI=1S/C20H26N2O3.ClH/c1-14-6-9-16(10-7-14)19(21)20(23)22-12-4-5-15-8-11-17(24-2)18(13-15)25-3;/h6-11,13,19H,4-5,12,21H2,1-3H3,(H,22,23);1H. The van der Waals surface area contributed by atoms with Gasteiger partial charge in [0, 0.05) is 6.54 Å². The van der Waals surface area contributed by atoms with E-state index in [0.29, 0.717) is 18.0 Å². The van der Waals surface area contributed by atoms with Crippen LogP contribution in [0.15, 0.2) is 42.5 Å². The van der Waals surface area contributed by atoms with Crippen molar-refractivity contribution in [2.45, 2.75) is 25.8 Å². The van der Waals surface area contributed by atoms with Crippen molar-refractivity contribution in [2.75, 3.05) is 20.8 Å². The molecule has 142 valence electrons.